The van der Waals surface area contributed by atoms with Gasteiger partial charge in [0.05, 0.1) is 6.54 Å². The Bertz CT molecular complexity index is 405. The Morgan fingerprint density at radius 2 is 2.11 bits per heavy atom. The zero-order valence-electron chi connectivity index (χ0n) is 10.6. The van der Waals surface area contributed by atoms with Crippen molar-refractivity contribution in [3.8, 4) is 5.75 Å². The first-order valence-electron chi connectivity index (χ1n) is 6.34. The molecule has 1 aliphatic heterocycles. The van der Waals surface area contributed by atoms with Gasteiger partial charge in [-0.2, -0.15) is 0 Å². The fourth-order valence-corrected chi connectivity index (χ4v) is 2.42. The number of piperidine rings is 1. The van der Waals surface area contributed by atoms with E-state index in [1.807, 2.05) is 36.1 Å². The van der Waals surface area contributed by atoms with E-state index in [-0.39, 0.29) is 11.8 Å². The van der Waals surface area contributed by atoms with Crippen LogP contribution in [0.5, 0.6) is 5.75 Å². The van der Waals surface area contributed by atoms with Gasteiger partial charge in [0.25, 0.3) is 0 Å². The van der Waals surface area contributed by atoms with Crippen LogP contribution < -0.4 is 4.74 Å². The summed E-state index contributed by atoms with van der Waals surface area (Å²) in [7, 11) is 0. The number of hydrogen-bond acceptors (Lipinski definition) is 2. The smallest absolute Gasteiger partial charge is 0.225 e. The van der Waals surface area contributed by atoms with Crippen LogP contribution >= 0.6 is 15.9 Å². The molecule has 1 saturated heterocycles. The maximum atomic E-state index is 11.9. The van der Waals surface area contributed by atoms with Crippen molar-refractivity contribution in [2.75, 3.05) is 19.7 Å². The average Bonchev–Trinajstić information content (AvgIpc) is 2.37. The molecule has 1 amide bonds. The average molecular weight is 312 g/mol. The van der Waals surface area contributed by atoms with E-state index in [0.29, 0.717) is 13.2 Å². The molecule has 0 aliphatic carbocycles. The van der Waals surface area contributed by atoms with Gasteiger partial charge in [0.2, 0.25) is 5.91 Å². The molecular weight excluding hydrogens is 294 g/mol. The van der Waals surface area contributed by atoms with Gasteiger partial charge >= 0.3 is 0 Å². The lowest BCUT2D eigenvalue weighted by atomic mass is 9.99. The van der Waals surface area contributed by atoms with Gasteiger partial charge in [-0.1, -0.05) is 22.9 Å². The lowest BCUT2D eigenvalue weighted by Gasteiger charge is -2.30. The molecule has 0 bridgehead atoms. The Balaban J connectivity index is 1.78. The summed E-state index contributed by atoms with van der Waals surface area (Å²) in [4.78, 5) is 13.8. The maximum Gasteiger partial charge on any atom is 0.225 e. The van der Waals surface area contributed by atoms with Crippen molar-refractivity contribution in [1.29, 1.82) is 0 Å². The third-order valence-corrected chi connectivity index (χ3v) is 3.77. The number of carbonyl (C=O) groups is 1. The monoisotopic (exact) mass is 311 g/mol. The van der Waals surface area contributed by atoms with Crippen molar-refractivity contribution in [3.63, 3.8) is 0 Å². The zero-order valence-corrected chi connectivity index (χ0v) is 12.1. The Morgan fingerprint density at radius 3 is 2.83 bits per heavy atom. The minimum Gasteiger partial charge on any atom is -0.492 e. The highest BCUT2D eigenvalue weighted by Crippen LogP contribution is 2.18. The van der Waals surface area contributed by atoms with Crippen LogP contribution in [0.2, 0.25) is 0 Å². The van der Waals surface area contributed by atoms with Gasteiger partial charge in [-0.3, -0.25) is 4.79 Å². The summed E-state index contributed by atoms with van der Waals surface area (Å²) in [5, 5.41) is 0. The summed E-state index contributed by atoms with van der Waals surface area (Å²) in [6, 6.07) is 7.74. The normalized spacial score (nSPS) is 20.0. The molecule has 4 heteroatoms. The molecule has 1 aromatic carbocycles. The second kappa shape index (κ2) is 6.23. The SMILES string of the molecule is CC1CCCN(CCOc2ccc(Br)cc2)C1=O. The molecule has 1 aromatic rings. The molecule has 0 spiro atoms. The summed E-state index contributed by atoms with van der Waals surface area (Å²) in [5.41, 5.74) is 0. The molecule has 0 N–H and O–H groups in total. The molecule has 18 heavy (non-hydrogen) atoms. The van der Waals surface area contributed by atoms with Crippen molar-refractivity contribution >= 4 is 21.8 Å². The van der Waals surface area contributed by atoms with Crippen molar-refractivity contribution in [2.45, 2.75) is 19.8 Å². The Kier molecular flexibility index (Phi) is 4.64. The summed E-state index contributed by atoms with van der Waals surface area (Å²) in [5.74, 6) is 1.28. The molecule has 98 valence electrons. The van der Waals surface area contributed by atoms with E-state index in [2.05, 4.69) is 15.9 Å². The van der Waals surface area contributed by atoms with E-state index < -0.39 is 0 Å². The molecule has 0 aromatic heterocycles. The quantitative estimate of drug-likeness (QED) is 0.855. The molecule has 1 atom stereocenters. The van der Waals surface area contributed by atoms with Crippen LogP contribution in [0, 0.1) is 5.92 Å². The van der Waals surface area contributed by atoms with Gasteiger partial charge in [0.15, 0.2) is 0 Å². The van der Waals surface area contributed by atoms with Crippen LogP contribution in [0.15, 0.2) is 28.7 Å². The number of amides is 1. The van der Waals surface area contributed by atoms with Crippen LogP contribution in [0.4, 0.5) is 0 Å². The summed E-state index contributed by atoms with van der Waals surface area (Å²) in [6.07, 6.45) is 2.12. The molecule has 1 fully saturated rings. The van der Waals surface area contributed by atoms with Crippen LogP contribution in [0.3, 0.4) is 0 Å². The number of hydrogen-bond donors (Lipinski definition) is 0. The molecule has 2 rings (SSSR count). The largest absolute Gasteiger partial charge is 0.492 e. The number of nitrogens with zero attached hydrogens (tertiary/aromatic N) is 1. The minimum atomic E-state index is 0.173. The number of halogens is 1. The number of likely N-dealkylation sites (tertiary alicyclic amines) is 1. The van der Waals surface area contributed by atoms with Gasteiger partial charge in [-0.25, -0.2) is 0 Å². The van der Waals surface area contributed by atoms with Crippen LogP contribution in [0.1, 0.15) is 19.8 Å². The van der Waals surface area contributed by atoms with Crippen molar-refractivity contribution in [1.82, 2.24) is 4.90 Å². The van der Waals surface area contributed by atoms with E-state index in [1.165, 1.54) is 0 Å². The van der Waals surface area contributed by atoms with Gasteiger partial charge in [-0.15, -0.1) is 0 Å². The predicted octanol–water partition coefficient (Wildman–Crippen LogP) is 3.09. The third-order valence-electron chi connectivity index (χ3n) is 3.24. The molecule has 1 aliphatic rings. The maximum absolute atomic E-state index is 11.9. The summed E-state index contributed by atoms with van der Waals surface area (Å²) < 4.78 is 6.67. The second-order valence-corrected chi connectivity index (χ2v) is 5.59. The van der Waals surface area contributed by atoms with Gasteiger partial charge in [0.1, 0.15) is 12.4 Å². The van der Waals surface area contributed by atoms with Gasteiger partial charge in [-0.05, 0) is 37.1 Å². The lowest BCUT2D eigenvalue weighted by molar-refractivity contribution is -0.138. The molecule has 0 saturated carbocycles. The number of carbonyl (C=O) groups excluding carboxylic acids is 1. The van der Waals surface area contributed by atoms with Gasteiger partial charge in [0, 0.05) is 16.9 Å². The number of ether oxygens (including phenoxy) is 1. The molecule has 0 radical (unpaired) electrons. The van der Waals surface area contributed by atoms with E-state index >= 15 is 0 Å². The highest BCUT2D eigenvalue weighted by molar-refractivity contribution is 9.10. The third kappa shape index (κ3) is 3.48. The molecular formula is C14H18BrNO2. The summed E-state index contributed by atoms with van der Waals surface area (Å²) >= 11 is 3.38. The molecule has 3 nitrogen and oxygen atoms in total. The van der Waals surface area contributed by atoms with Crippen molar-refractivity contribution < 1.29 is 9.53 Å². The van der Waals surface area contributed by atoms with E-state index in [9.17, 15) is 4.79 Å². The van der Waals surface area contributed by atoms with Crippen LogP contribution in [-0.2, 0) is 4.79 Å². The van der Waals surface area contributed by atoms with Crippen LogP contribution in [-0.4, -0.2) is 30.5 Å². The molecule has 1 unspecified atom stereocenters. The topological polar surface area (TPSA) is 29.5 Å². The first-order valence-corrected chi connectivity index (χ1v) is 7.13. The highest BCUT2D eigenvalue weighted by atomic mass is 79.9. The Labute approximate surface area is 116 Å². The number of rotatable bonds is 4. The molecule has 1 heterocycles. The van der Waals surface area contributed by atoms with E-state index in [0.717, 1.165) is 29.6 Å². The van der Waals surface area contributed by atoms with Crippen LogP contribution in [0.25, 0.3) is 0 Å². The lowest BCUT2D eigenvalue weighted by Crippen LogP contribution is -2.42. The van der Waals surface area contributed by atoms with E-state index in [4.69, 9.17) is 4.74 Å². The van der Waals surface area contributed by atoms with Crippen molar-refractivity contribution in [3.05, 3.63) is 28.7 Å². The van der Waals surface area contributed by atoms with Gasteiger partial charge < -0.3 is 9.64 Å². The fourth-order valence-electron chi connectivity index (χ4n) is 2.16. The standard InChI is InChI=1S/C14H18BrNO2/c1-11-3-2-8-16(14(11)17)9-10-18-13-6-4-12(15)5-7-13/h4-7,11H,2-3,8-10H2,1H3. The summed E-state index contributed by atoms with van der Waals surface area (Å²) in [6.45, 7) is 4.11. The Morgan fingerprint density at radius 1 is 1.39 bits per heavy atom. The van der Waals surface area contributed by atoms with Crippen molar-refractivity contribution in [2.24, 2.45) is 5.92 Å². The second-order valence-electron chi connectivity index (χ2n) is 4.67. The first kappa shape index (κ1) is 13.4. The minimum absolute atomic E-state index is 0.173. The van der Waals surface area contributed by atoms with E-state index in [1.54, 1.807) is 0 Å². The first-order chi connectivity index (χ1) is 8.66. The predicted molar refractivity (Wildman–Crippen MR) is 74.6 cm³/mol. The Hall–Kier alpha value is -1.03. The number of benzene rings is 1. The fraction of sp³-hybridized carbons (Fsp3) is 0.500. The highest BCUT2D eigenvalue weighted by Gasteiger charge is 2.24. The zero-order chi connectivity index (χ0) is 13.0.